The maximum Gasteiger partial charge on any atom is 0.240 e. The monoisotopic (exact) mass is 295 g/mol. The molecule has 21 heavy (non-hydrogen) atoms. The lowest BCUT2D eigenvalue weighted by molar-refractivity contribution is -0.121. The van der Waals surface area contributed by atoms with Crippen molar-refractivity contribution in [1.29, 1.82) is 0 Å². The van der Waals surface area contributed by atoms with E-state index in [1.165, 1.54) is 0 Å². The number of anilines is 1. The second kappa shape index (κ2) is 6.15. The molecule has 1 aliphatic heterocycles. The molecule has 0 bridgehead atoms. The highest BCUT2D eigenvalue weighted by Gasteiger charge is 2.24. The number of nitrogens with zero attached hydrogens (tertiary/aromatic N) is 2. The van der Waals surface area contributed by atoms with Crippen LogP contribution in [0, 0.1) is 0 Å². The van der Waals surface area contributed by atoms with E-state index >= 15 is 0 Å². The summed E-state index contributed by atoms with van der Waals surface area (Å²) < 4.78 is 10.8. The number of nitrogens with one attached hydrogen (secondary N) is 1. The average molecular weight is 295 g/mol. The van der Waals surface area contributed by atoms with Crippen molar-refractivity contribution in [3.05, 3.63) is 11.8 Å². The molecule has 2 rings (SSSR count). The van der Waals surface area contributed by atoms with E-state index in [0.717, 1.165) is 18.8 Å². The fourth-order valence-electron chi connectivity index (χ4n) is 2.48. The van der Waals surface area contributed by atoms with Crippen LogP contribution in [0.5, 0.6) is 0 Å². The van der Waals surface area contributed by atoms with Crippen LogP contribution in [0.15, 0.2) is 10.6 Å². The van der Waals surface area contributed by atoms with Crippen LogP contribution in [-0.2, 0) is 14.9 Å². The van der Waals surface area contributed by atoms with E-state index in [0.29, 0.717) is 12.4 Å². The van der Waals surface area contributed by atoms with Crippen LogP contribution in [0.2, 0.25) is 0 Å². The van der Waals surface area contributed by atoms with Crippen LogP contribution in [0.25, 0.3) is 0 Å². The molecule has 1 aliphatic rings. The van der Waals surface area contributed by atoms with Crippen molar-refractivity contribution in [3.63, 3.8) is 0 Å². The molecule has 1 saturated heterocycles. The predicted molar refractivity (Wildman–Crippen MR) is 80.3 cm³/mol. The minimum atomic E-state index is -0.0957. The van der Waals surface area contributed by atoms with Gasteiger partial charge in [-0.05, 0) is 13.8 Å². The Balaban J connectivity index is 1.88. The van der Waals surface area contributed by atoms with E-state index in [2.05, 4.69) is 15.4 Å². The fourth-order valence-corrected chi connectivity index (χ4v) is 2.48. The van der Waals surface area contributed by atoms with Crippen molar-refractivity contribution in [2.24, 2.45) is 0 Å². The minimum absolute atomic E-state index is 0.0899. The molecule has 0 radical (unpaired) electrons. The van der Waals surface area contributed by atoms with Crippen LogP contribution < -0.4 is 5.32 Å². The van der Waals surface area contributed by atoms with Crippen molar-refractivity contribution >= 4 is 11.8 Å². The summed E-state index contributed by atoms with van der Waals surface area (Å²) in [5, 5.41) is 6.75. The summed E-state index contributed by atoms with van der Waals surface area (Å²) in [6, 6.07) is 1.78. The Labute approximate surface area is 125 Å². The van der Waals surface area contributed by atoms with E-state index in [1.54, 1.807) is 6.07 Å². The standard InChI is InChI=1S/C15H25N3O3/c1-10-7-18(8-11(2)20-10)9-13(19)16-14-6-12(17-21-14)15(3,4)5/h6,10-11H,7-9H2,1-5H3,(H,16,19)/t10-,11+. The molecule has 1 amide bonds. The third-order valence-corrected chi connectivity index (χ3v) is 3.40. The molecule has 0 spiro atoms. The van der Waals surface area contributed by atoms with E-state index in [4.69, 9.17) is 9.26 Å². The summed E-state index contributed by atoms with van der Waals surface area (Å²) in [5.74, 6) is 0.312. The number of carbonyl (C=O) groups is 1. The maximum absolute atomic E-state index is 12.1. The average Bonchev–Trinajstić information content (AvgIpc) is 2.75. The Morgan fingerprint density at radius 2 is 2.00 bits per heavy atom. The Morgan fingerprint density at radius 3 is 2.52 bits per heavy atom. The molecule has 0 aliphatic carbocycles. The molecule has 1 N–H and O–H groups in total. The molecule has 0 unspecified atom stereocenters. The zero-order chi connectivity index (χ0) is 15.6. The third kappa shape index (κ3) is 4.54. The minimum Gasteiger partial charge on any atom is -0.373 e. The highest BCUT2D eigenvalue weighted by molar-refractivity contribution is 5.91. The van der Waals surface area contributed by atoms with Gasteiger partial charge in [-0.25, -0.2) is 0 Å². The molecule has 0 saturated carbocycles. The quantitative estimate of drug-likeness (QED) is 0.924. The van der Waals surface area contributed by atoms with Crippen molar-refractivity contribution < 1.29 is 14.1 Å². The van der Waals surface area contributed by atoms with E-state index < -0.39 is 0 Å². The Morgan fingerprint density at radius 1 is 1.38 bits per heavy atom. The number of aromatic nitrogens is 1. The number of rotatable bonds is 3. The van der Waals surface area contributed by atoms with Gasteiger partial charge in [-0.3, -0.25) is 15.0 Å². The molecule has 118 valence electrons. The molecule has 1 fully saturated rings. The van der Waals surface area contributed by atoms with Gasteiger partial charge in [0.05, 0.1) is 24.4 Å². The summed E-state index contributed by atoms with van der Waals surface area (Å²) in [4.78, 5) is 14.2. The molecular formula is C15H25N3O3. The Hall–Kier alpha value is -1.40. The van der Waals surface area contributed by atoms with E-state index in [-0.39, 0.29) is 23.5 Å². The smallest absolute Gasteiger partial charge is 0.240 e. The van der Waals surface area contributed by atoms with E-state index in [9.17, 15) is 4.79 Å². The first-order valence-electron chi connectivity index (χ1n) is 7.39. The Bertz CT molecular complexity index is 483. The van der Waals surface area contributed by atoms with Crippen molar-refractivity contribution in [3.8, 4) is 0 Å². The molecule has 6 heteroatoms. The van der Waals surface area contributed by atoms with Crippen LogP contribution in [0.4, 0.5) is 5.88 Å². The Kier molecular flexibility index (Phi) is 4.68. The molecule has 2 atom stereocenters. The molecule has 0 aromatic carbocycles. The first kappa shape index (κ1) is 16.0. The molecule has 2 heterocycles. The van der Waals surface area contributed by atoms with E-state index in [1.807, 2.05) is 34.6 Å². The van der Waals surface area contributed by atoms with Crippen LogP contribution >= 0.6 is 0 Å². The number of morpholine rings is 1. The SMILES string of the molecule is C[C@@H]1CN(CC(=O)Nc2cc(C(C)(C)C)no2)C[C@H](C)O1. The summed E-state index contributed by atoms with van der Waals surface area (Å²) in [6.45, 7) is 12.1. The predicted octanol–water partition coefficient (Wildman–Crippen LogP) is 2.02. The number of hydrogen-bond donors (Lipinski definition) is 1. The lowest BCUT2D eigenvalue weighted by atomic mass is 9.92. The van der Waals surface area contributed by atoms with Gasteiger partial charge in [0.15, 0.2) is 0 Å². The second-order valence-electron chi connectivity index (χ2n) is 6.83. The largest absolute Gasteiger partial charge is 0.373 e. The lowest BCUT2D eigenvalue weighted by Crippen LogP contribution is -2.48. The van der Waals surface area contributed by atoms with Crippen molar-refractivity contribution in [2.45, 2.75) is 52.2 Å². The van der Waals surface area contributed by atoms with Gasteiger partial charge in [0.2, 0.25) is 11.8 Å². The molecule has 1 aromatic rings. The van der Waals surface area contributed by atoms with Gasteiger partial charge in [-0.15, -0.1) is 0 Å². The number of carbonyl (C=O) groups excluding carboxylic acids is 1. The summed E-state index contributed by atoms with van der Waals surface area (Å²) in [6.07, 6.45) is 0.304. The fraction of sp³-hybridized carbons (Fsp3) is 0.733. The molecule has 1 aromatic heterocycles. The van der Waals surface area contributed by atoms with Crippen LogP contribution in [0.3, 0.4) is 0 Å². The zero-order valence-corrected chi connectivity index (χ0v) is 13.5. The molecule has 6 nitrogen and oxygen atoms in total. The van der Waals surface area contributed by atoms with Crippen molar-refractivity contribution in [1.82, 2.24) is 10.1 Å². The summed E-state index contributed by atoms with van der Waals surface area (Å²) >= 11 is 0. The molecular weight excluding hydrogens is 270 g/mol. The van der Waals surface area contributed by atoms with Gasteiger partial charge in [0.25, 0.3) is 0 Å². The third-order valence-electron chi connectivity index (χ3n) is 3.40. The maximum atomic E-state index is 12.1. The van der Waals surface area contributed by atoms with Gasteiger partial charge in [0.1, 0.15) is 0 Å². The van der Waals surface area contributed by atoms with Crippen molar-refractivity contribution in [2.75, 3.05) is 25.0 Å². The number of ether oxygens (including phenoxy) is 1. The number of amides is 1. The highest BCUT2D eigenvalue weighted by Crippen LogP contribution is 2.23. The normalized spacial score (nSPS) is 24.0. The van der Waals surface area contributed by atoms with Gasteiger partial charge >= 0.3 is 0 Å². The first-order chi connectivity index (χ1) is 9.74. The second-order valence-corrected chi connectivity index (χ2v) is 6.83. The van der Waals surface area contributed by atoms with Crippen LogP contribution in [0.1, 0.15) is 40.3 Å². The summed E-state index contributed by atoms with van der Waals surface area (Å²) in [7, 11) is 0. The van der Waals surface area contributed by atoms with Gasteiger partial charge in [-0.1, -0.05) is 25.9 Å². The summed E-state index contributed by atoms with van der Waals surface area (Å²) in [5.41, 5.74) is 0.730. The van der Waals surface area contributed by atoms with Gasteiger partial charge in [-0.2, -0.15) is 0 Å². The first-order valence-corrected chi connectivity index (χ1v) is 7.39. The van der Waals surface area contributed by atoms with Crippen LogP contribution in [-0.4, -0.2) is 47.8 Å². The highest BCUT2D eigenvalue weighted by atomic mass is 16.5. The topological polar surface area (TPSA) is 67.6 Å². The van der Waals surface area contributed by atoms with Gasteiger partial charge < -0.3 is 9.26 Å². The zero-order valence-electron chi connectivity index (χ0n) is 13.5. The van der Waals surface area contributed by atoms with Gasteiger partial charge in [0, 0.05) is 24.6 Å². The lowest BCUT2D eigenvalue weighted by Gasteiger charge is -2.34. The number of hydrogen-bond acceptors (Lipinski definition) is 5.